The van der Waals surface area contributed by atoms with Crippen molar-refractivity contribution in [3.63, 3.8) is 0 Å². The molecule has 1 amide bonds. The molecule has 0 unspecified atom stereocenters. The summed E-state index contributed by atoms with van der Waals surface area (Å²) in [7, 11) is 0. The van der Waals surface area contributed by atoms with E-state index in [9.17, 15) is 4.79 Å². The summed E-state index contributed by atoms with van der Waals surface area (Å²) in [6.07, 6.45) is 3.64. The number of benzene rings is 2. The average molecular weight is 402 g/mol. The van der Waals surface area contributed by atoms with Gasteiger partial charge in [0.2, 0.25) is 5.91 Å². The van der Waals surface area contributed by atoms with E-state index in [-0.39, 0.29) is 11.7 Å². The molecule has 0 bridgehead atoms. The minimum atomic E-state index is -0.104. The quantitative estimate of drug-likeness (QED) is 0.555. The van der Waals surface area contributed by atoms with Gasteiger partial charge in [0.05, 0.1) is 18.0 Å². The fraction of sp³-hybridized carbons (Fsp3) is 0.200. The summed E-state index contributed by atoms with van der Waals surface area (Å²) in [4.78, 5) is 16.7. The van der Waals surface area contributed by atoms with Crippen molar-refractivity contribution < 1.29 is 9.53 Å². The van der Waals surface area contributed by atoms with Crippen molar-refractivity contribution in [1.29, 1.82) is 0 Å². The number of amides is 1. The minimum absolute atomic E-state index is 0.104. The lowest BCUT2D eigenvalue weighted by atomic mass is 10.2. The van der Waals surface area contributed by atoms with Crippen LogP contribution in [0, 0.1) is 0 Å². The van der Waals surface area contributed by atoms with Gasteiger partial charge < -0.3 is 14.6 Å². The Labute approximate surface area is 167 Å². The van der Waals surface area contributed by atoms with Crippen molar-refractivity contribution in [3.05, 3.63) is 71.5 Å². The molecule has 0 aliphatic carbocycles. The number of hydrogen-bond donors (Lipinski definition) is 1. The largest absolute Gasteiger partial charge is 0.492 e. The second kappa shape index (κ2) is 9.48. The lowest BCUT2D eigenvalue weighted by molar-refractivity contribution is -0.113. The third-order valence-electron chi connectivity index (χ3n) is 3.74. The number of para-hydroxylation sites is 2. The monoisotopic (exact) mass is 401 g/mol. The number of carbonyl (C=O) groups excluding carboxylic acids is 1. The molecule has 0 aliphatic rings. The van der Waals surface area contributed by atoms with Gasteiger partial charge in [-0.1, -0.05) is 47.6 Å². The van der Waals surface area contributed by atoms with Gasteiger partial charge in [0.1, 0.15) is 5.75 Å². The van der Waals surface area contributed by atoms with Crippen LogP contribution in [0.3, 0.4) is 0 Å². The van der Waals surface area contributed by atoms with Gasteiger partial charge in [0.25, 0.3) is 0 Å². The molecule has 1 N–H and O–H groups in total. The SMILES string of the molecule is CCOc1ccccc1NC(=O)CSc1nccn1Cc1ccc(Cl)cc1. The number of rotatable bonds is 8. The predicted octanol–water partition coefficient (Wildman–Crippen LogP) is 4.71. The lowest BCUT2D eigenvalue weighted by Crippen LogP contribution is -2.15. The summed E-state index contributed by atoms with van der Waals surface area (Å²) in [6.45, 7) is 3.13. The fourth-order valence-corrected chi connectivity index (χ4v) is 3.40. The van der Waals surface area contributed by atoms with E-state index in [2.05, 4.69) is 10.3 Å². The van der Waals surface area contributed by atoms with Gasteiger partial charge in [-0.05, 0) is 36.8 Å². The number of aromatic nitrogens is 2. The predicted molar refractivity (Wildman–Crippen MR) is 110 cm³/mol. The fourth-order valence-electron chi connectivity index (χ4n) is 2.51. The third-order valence-corrected chi connectivity index (χ3v) is 4.99. The van der Waals surface area contributed by atoms with Gasteiger partial charge in [0.15, 0.2) is 5.16 Å². The Morgan fingerprint density at radius 2 is 2.00 bits per heavy atom. The van der Waals surface area contributed by atoms with E-state index < -0.39 is 0 Å². The highest BCUT2D eigenvalue weighted by atomic mass is 35.5. The van der Waals surface area contributed by atoms with Gasteiger partial charge >= 0.3 is 0 Å². The summed E-state index contributed by atoms with van der Waals surface area (Å²) < 4.78 is 7.54. The van der Waals surface area contributed by atoms with E-state index in [1.54, 1.807) is 6.20 Å². The molecule has 2 aromatic carbocycles. The maximum Gasteiger partial charge on any atom is 0.234 e. The maximum atomic E-state index is 12.3. The third kappa shape index (κ3) is 5.52. The number of hydrogen-bond acceptors (Lipinski definition) is 4. The van der Waals surface area contributed by atoms with Crippen LogP contribution in [0.5, 0.6) is 5.75 Å². The molecule has 0 atom stereocenters. The molecule has 27 heavy (non-hydrogen) atoms. The Hall–Kier alpha value is -2.44. The zero-order chi connectivity index (χ0) is 19.1. The molecule has 3 aromatic rings. The number of thioether (sulfide) groups is 1. The summed E-state index contributed by atoms with van der Waals surface area (Å²) in [5.74, 6) is 0.828. The van der Waals surface area contributed by atoms with Gasteiger partial charge in [0, 0.05) is 24.0 Å². The highest BCUT2D eigenvalue weighted by Gasteiger charge is 2.11. The molecule has 5 nitrogen and oxygen atoms in total. The normalized spacial score (nSPS) is 10.6. The molecule has 0 saturated carbocycles. The molecule has 0 saturated heterocycles. The van der Waals surface area contributed by atoms with E-state index in [0.29, 0.717) is 29.6 Å². The molecule has 140 valence electrons. The Balaban J connectivity index is 1.58. The Morgan fingerprint density at radius 1 is 1.22 bits per heavy atom. The van der Waals surface area contributed by atoms with Crippen LogP contribution in [0.1, 0.15) is 12.5 Å². The van der Waals surface area contributed by atoms with Crippen molar-refractivity contribution in [2.75, 3.05) is 17.7 Å². The summed E-state index contributed by atoms with van der Waals surface area (Å²) in [6, 6.07) is 15.1. The van der Waals surface area contributed by atoms with Gasteiger partial charge in [-0.2, -0.15) is 0 Å². The number of nitrogens with one attached hydrogen (secondary N) is 1. The van der Waals surface area contributed by atoms with Gasteiger partial charge in [-0.25, -0.2) is 4.98 Å². The standard InChI is InChI=1S/C20H20ClN3O2S/c1-2-26-18-6-4-3-5-17(18)23-19(25)14-27-20-22-11-12-24(20)13-15-7-9-16(21)10-8-15/h3-12H,2,13-14H2,1H3,(H,23,25). The summed E-state index contributed by atoms with van der Waals surface area (Å²) >= 11 is 7.33. The summed E-state index contributed by atoms with van der Waals surface area (Å²) in [5.41, 5.74) is 1.80. The molecule has 0 fully saturated rings. The van der Waals surface area contributed by atoms with E-state index in [1.807, 2.05) is 66.2 Å². The number of carbonyl (C=O) groups is 1. The van der Waals surface area contributed by atoms with Crippen LogP contribution in [0.2, 0.25) is 5.02 Å². The van der Waals surface area contributed by atoms with E-state index in [1.165, 1.54) is 11.8 Å². The van der Waals surface area contributed by atoms with Crippen LogP contribution >= 0.6 is 23.4 Å². The van der Waals surface area contributed by atoms with Crippen molar-refractivity contribution in [2.45, 2.75) is 18.6 Å². The molecule has 0 aliphatic heterocycles. The lowest BCUT2D eigenvalue weighted by Gasteiger charge is -2.11. The molecular weight excluding hydrogens is 382 g/mol. The van der Waals surface area contributed by atoms with Crippen LogP contribution < -0.4 is 10.1 Å². The second-order valence-electron chi connectivity index (χ2n) is 5.73. The Kier molecular flexibility index (Phi) is 6.79. The molecule has 1 heterocycles. The van der Waals surface area contributed by atoms with Crippen LogP contribution in [0.4, 0.5) is 5.69 Å². The number of imidazole rings is 1. The number of nitrogens with zero attached hydrogens (tertiary/aromatic N) is 2. The first-order valence-electron chi connectivity index (χ1n) is 8.55. The molecule has 0 radical (unpaired) electrons. The maximum absolute atomic E-state index is 12.3. The van der Waals surface area contributed by atoms with Crippen LogP contribution in [0.25, 0.3) is 0 Å². The number of halogens is 1. The topological polar surface area (TPSA) is 56.1 Å². The zero-order valence-electron chi connectivity index (χ0n) is 14.9. The number of ether oxygens (including phenoxy) is 1. The van der Waals surface area contributed by atoms with E-state index in [0.717, 1.165) is 10.7 Å². The molecule has 7 heteroatoms. The highest BCUT2D eigenvalue weighted by Crippen LogP contribution is 2.24. The minimum Gasteiger partial charge on any atom is -0.492 e. The number of anilines is 1. The van der Waals surface area contributed by atoms with Crippen molar-refractivity contribution in [3.8, 4) is 5.75 Å². The van der Waals surface area contributed by atoms with E-state index >= 15 is 0 Å². The van der Waals surface area contributed by atoms with Gasteiger partial charge in [-0.3, -0.25) is 4.79 Å². The van der Waals surface area contributed by atoms with Crippen molar-refractivity contribution >= 4 is 35.0 Å². The van der Waals surface area contributed by atoms with E-state index in [4.69, 9.17) is 16.3 Å². The van der Waals surface area contributed by atoms with Crippen molar-refractivity contribution in [1.82, 2.24) is 9.55 Å². The van der Waals surface area contributed by atoms with Crippen molar-refractivity contribution in [2.24, 2.45) is 0 Å². The second-order valence-corrected chi connectivity index (χ2v) is 7.11. The van der Waals surface area contributed by atoms with Crippen LogP contribution in [-0.2, 0) is 11.3 Å². The highest BCUT2D eigenvalue weighted by molar-refractivity contribution is 7.99. The average Bonchev–Trinajstić information content (AvgIpc) is 3.11. The first-order chi connectivity index (χ1) is 13.2. The van der Waals surface area contributed by atoms with Gasteiger partial charge in [-0.15, -0.1) is 0 Å². The smallest absolute Gasteiger partial charge is 0.234 e. The Morgan fingerprint density at radius 3 is 2.78 bits per heavy atom. The summed E-state index contributed by atoms with van der Waals surface area (Å²) in [5, 5.41) is 4.40. The zero-order valence-corrected chi connectivity index (χ0v) is 16.5. The van der Waals surface area contributed by atoms with Crippen LogP contribution in [0.15, 0.2) is 66.1 Å². The molecule has 1 aromatic heterocycles. The van der Waals surface area contributed by atoms with Crippen LogP contribution in [-0.4, -0.2) is 27.8 Å². The molecule has 0 spiro atoms. The molecule has 3 rings (SSSR count). The molecular formula is C20H20ClN3O2S. The first-order valence-corrected chi connectivity index (χ1v) is 9.92. The Bertz CT molecular complexity index is 896. The first kappa shape index (κ1) is 19.3.